The molecule has 0 amide bonds. The second-order valence-electron chi connectivity index (χ2n) is 7.44. The Morgan fingerprint density at radius 1 is 1.12 bits per heavy atom. The van der Waals surface area contributed by atoms with Crippen LogP contribution in [0.1, 0.15) is 12.5 Å². The van der Waals surface area contributed by atoms with Crippen molar-refractivity contribution in [1.82, 2.24) is 8.87 Å². The van der Waals surface area contributed by atoms with Crippen LogP contribution in [-0.2, 0) is 25.3 Å². The van der Waals surface area contributed by atoms with Crippen LogP contribution in [0.2, 0.25) is 0 Å². The molecule has 1 aliphatic rings. The Bertz CT molecular complexity index is 1290. The Hall–Kier alpha value is -3.05. The van der Waals surface area contributed by atoms with E-state index in [2.05, 4.69) is 0 Å². The summed E-state index contributed by atoms with van der Waals surface area (Å²) in [5.41, 5.74) is -1.52. The molecule has 2 heterocycles. The molecule has 1 atom stereocenters. The molecular formula is C21H19F3N2O5S. The molecule has 2 aromatic carbocycles. The Morgan fingerprint density at radius 3 is 2.47 bits per heavy atom. The molecule has 0 saturated carbocycles. The van der Waals surface area contributed by atoms with Crippen LogP contribution in [0.5, 0.6) is 5.75 Å². The predicted molar refractivity (Wildman–Crippen MR) is 109 cm³/mol. The van der Waals surface area contributed by atoms with Gasteiger partial charge in [-0.3, -0.25) is 4.90 Å². The molecule has 0 spiro atoms. The van der Waals surface area contributed by atoms with Gasteiger partial charge >= 0.3 is 12.1 Å². The molecule has 1 aromatic heterocycles. The van der Waals surface area contributed by atoms with E-state index in [-0.39, 0.29) is 40.3 Å². The van der Waals surface area contributed by atoms with Crippen LogP contribution in [0.3, 0.4) is 0 Å². The van der Waals surface area contributed by atoms with Crippen molar-refractivity contribution in [2.75, 3.05) is 20.2 Å². The summed E-state index contributed by atoms with van der Waals surface area (Å²) in [6.07, 6.45) is -3.89. The van der Waals surface area contributed by atoms with Crippen LogP contribution in [0.15, 0.2) is 59.6 Å². The molecule has 0 aliphatic carbocycles. The van der Waals surface area contributed by atoms with Crippen molar-refractivity contribution in [3.63, 3.8) is 0 Å². The van der Waals surface area contributed by atoms with Gasteiger partial charge in [-0.05, 0) is 44.3 Å². The lowest BCUT2D eigenvalue weighted by Crippen LogP contribution is -2.47. The lowest BCUT2D eigenvalue weighted by molar-refractivity contribution is -0.229. The molecular weight excluding hydrogens is 449 g/mol. The van der Waals surface area contributed by atoms with Crippen LogP contribution in [0, 0.1) is 0 Å². The third kappa shape index (κ3) is 3.51. The molecule has 11 heteroatoms. The molecule has 4 rings (SSSR count). The van der Waals surface area contributed by atoms with E-state index in [0.29, 0.717) is 0 Å². The number of alkyl halides is 3. The molecule has 0 saturated heterocycles. The van der Waals surface area contributed by atoms with E-state index in [1.807, 2.05) is 0 Å². The molecule has 1 unspecified atom stereocenters. The molecule has 0 bridgehead atoms. The molecule has 170 valence electrons. The highest BCUT2D eigenvalue weighted by atomic mass is 32.2. The lowest BCUT2D eigenvalue weighted by atomic mass is 9.97. The Morgan fingerprint density at radius 2 is 1.81 bits per heavy atom. The van der Waals surface area contributed by atoms with Gasteiger partial charge < -0.3 is 9.47 Å². The van der Waals surface area contributed by atoms with Crippen molar-refractivity contribution < 1.29 is 35.9 Å². The summed E-state index contributed by atoms with van der Waals surface area (Å²) in [6, 6.07) is 12.2. The summed E-state index contributed by atoms with van der Waals surface area (Å²) in [5.74, 6) is -2.15. The van der Waals surface area contributed by atoms with Crippen molar-refractivity contribution in [2.24, 2.45) is 0 Å². The molecule has 0 N–H and O–H groups in total. The maximum atomic E-state index is 13.2. The number of rotatable bonds is 3. The van der Waals surface area contributed by atoms with Crippen LogP contribution in [0.25, 0.3) is 10.9 Å². The van der Waals surface area contributed by atoms with E-state index in [0.717, 1.165) is 3.97 Å². The van der Waals surface area contributed by atoms with Crippen molar-refractivity contribution in [1.29, 1.82) is 0 Å². The van der Waals surface area contributed by atoms with Gasteiger partial charge in [0.2, 0.25) is 0 Å². The van der Waals surface area contributed by atoms with E-state index in [1.54, 1.807) is 18.2 Å². The average Bonchev–Trinajstić information content (AvgIpc) is 3.13. The van der Waals surface area contributed by atoms with Gasteiger partial charge in [-0.25, -0.2) is 17.2 Å². The fraction of sp³-hybridized carbons (Fsp3) is 0.286. The summed E-state index contributed by atoms with van der Waals surface area (Å²) in [6.45, 7) is 1.63. The standard InChI is InChI=1S/C21H19F3N2O5S/c1-20(31-19(27)21(22,23)24)18-15-10-11-26(32(28,29)14-6-4-3-5-7-14)16(15)8-9-17(18)30-13-12-25(20)2/h3-11H,12-13H2,1-2H3. The third-order valence-electron chi connectivity index (χ3n) is 5.50. The average molecular weight is 468 g/mol. The van der Waals surface area contributed by atoms with Crippen molar-refractivity contribution in [3.8, 4) is 5.75 Å². The molecule has 7 nitrogen and oxygen atoms in total. The second kappa shape index (κ2) is 7.52. The monoisotopic (exact) mass is 468 g/mol. The summed E-state index contributed by atoms with van der Waals surface area (Å²) in [7, 11) is -2.48. The highest BCUT2D eigenvalue weighted by Gasteiger charge is 2.49. The van der Waals surface area contributed by atoms with E-state index >= 15 is 0 Å². The zero-order valence-electron chi connectivity index (χ0n) is 17.1. The quantitative estimate of drug-likeness (QED) is 0.548. The summed E-state index contributed by atoms with van der Waals surface area (Å²) >= 11 is 0. The highest BCUT2D eigenvalue weighted by Crippen LogP contribution is 2.43. The number of esters is 1. The minimum Gasteiger partial charge on any atom is -0.492 e. The molecule has 3 aromatic rings. The smallest absolute Gasteiger partial charge is 0.491 e. The number of nitrogens with zero attached hydrogens (tertiary/aromatic N) is 2. The predicted octanol–water partition coefficient (Wildman–Crippen LogP) is 3.48. The Balaban J connectivity index is 1.94. The number of carbonyl (C=O) groups is 1. The minimum absolute atomic E-state index is 0.0482. The molecule has 32 heavy (non-hydrogen) atoms. The number of hydrogen-bond donors (Lipinski definition) is 0. The minimum atomic E-state index is -5.20. The Labute approximate surface area is 182 Å². The SMILES string of the molecule is CN1CCOc2ccc3c(ccn3S(=O)(=O)c3ccccc3)c2C1(C)OC(=O)C(F)(F)F. The fourth-order valence-corrected chi connectivity index (χ4v) is 5.12. The van der Waals surface area contributed by atoms with Gasteiger partial charge in [-0.15, -0.1) is 0 Å². The zero-order chi connectivity index (χ0) is 23.3. The van der Waals surface area contributed by atoms with Gasteiger partial charge in [0, 0.05) is 18.1 Å². The van der Waals surface area contributed by atoms with Crippen molar-refractivity contribution >= 4 is 26.9 Å². The summed E-state index contributed by atoms with van der Waals surface area (Å²) in [5, 5.41) is 0.285. The molecule has 1 aliphatic heterocycles. The van der Waals surface area contributed by atoms with Gasteiger partial charge in [0.15, 0.2) is 5.72 Å². The number of halogens is 3. The number of ether oxygens (including phenoxy) is 2. The van der Waals surface area contributed by atoms with Crippen LogP contribution in [0.4, 0.5) is 13.2 Å². The maximum absolute atomic E-state index is 13.2. The van der Waals surface area contributed by atoms with Gasteiger partial charge in [0.25, 0.3) is 10.0 Å². The third-order valence-corrected chi connectivity index (χ3v) is 7.20. The number of benzene rings is 2. The number of hydrogen-bond acceptors (Lipinski definition) is 6. The summed E-state index contributed by atoms with van der Waals surface area (Å²) < 4.78 is 77.1. The van der Waals surface area contributed by atoms with Gasteiger partial charge in [0.05, 0.1) is 16.0 Å². The van der Waals surface area contributed by atoms with E-state index in [9.17, 15) is 26.4 Å². The normalized spacial score (nSPS) is 19.8. The van der Waals surface area contributed by atoms with Gasteiger partial charge in [0.1, 0.15) is 12.4 Å². The van der Waals surface area contributed by atoms with E-state index in [1.165, 1.54) is 55.4 Å². The number of likely N-dealkylation sites (N-methyl/N-ethyl adjacent to an activating group) is 1. The molecule has 0 fully saturated rings. The van der Waals surface area contributed by atoms with Crippen LogP contribution in [-0.4, -0.2) is 49.6 Å². The molecule has 0 radical (unpaired) electrons. The first-order chi connectivity index (χ1) is 15.0. The van der Waals surface area contributed by atoms with E-state index in [4.69, 9.17) is 9.47 Å². The number of fused-ring (bicyclic) bond motifs is 3. The summed E-state index contributed by atoms with van der Waals surface area (Å²) in [4.78, 5) is 13.2. The first kappa shape index (κ1) is 22.2. The van der Waals surface area contributed by atoms with E-state index < -0.39 is 27.9 Å². The van der Waals surface area contributed by atoms with Crippen molar-refractivity contribution in [3.05, 3.63) is 60.3 Å². The fourth-order valence-electron chi connectivity index (χ4n) is 3.75. The second-order valence-corrected chi connectivity index (χ2v) is 9.26. The topological polar surface area (TPSA) is 77.8 Å². The van der Waals surface area contributed by atoms with Gasteiger partial charge in [-0.1, -0.05) is 18.2 Å². The first-order valence-corrected chi connectivity index (χ1v) is 11.0. The van der Waals surface area contributed by atoms with Gasteiger partial charge in [-0.2, -0.15) is 13.2 Å². The largest absolute Gasteiger partial charge is 0.492 e. The maximum Gasteiger partial charge on any atom is 0.491 e. The Kier molecular flexibility index (Phi) is 5.21. The van der Waals surface area contributed by atoms with Crippen molar-refractivity contribution in [2.45, 2.75) is 23.7 Å². The lowest BCUT2D eigenvalue weighted by Gasteiger charge is -2.37. The number of aromatic nitrogens is 1. The highest BCUT2D eigenvalue weighted by molar-refractivity contribution is 7.90. The van der Waals surface area contributed by atoms with Crippen LogP contribution < -0.4 is 4.74 Å². The zero-order valence-corrected chi connectivity index (χ0v) is 17.9. The number of carbonyl (C=O) groups excluding carboxylic acids is 1. The van der Waals surface area contributed by atoms with Crippen LogP contribution >= 0.6 is 0 Å². The first-order valence-electron chi connectivity index (χ1n) is 9.55.